The molecule has 0 aliphatic heterocycles. The van der Waals surface area contributed by atoms with E-state index in [0.717, 1.165) is 36.9 Å². The van der Waals surface area contributed by atoms with Crippen LogP contribution >= 0.6 is 11.6 Å². The van der Waals surface area contributed by atoms with Crippen molar-refractivity contribution in [1.29, 1.82) is 0 Å². The molecular formula is C14H16ClN3O2. The van der Waals surface area contributed by atoms with E-state index in [0.29, 0.717) is 28.7 Å². The summed E-state index contributed by atoms with van der Waals surface area (Å²) in [6, 6.07) is 0. The molecule has 1 aliphatic rings. The summed E-state index contributed by atoms with van der Waals surface area (Å²) in [5, 5.41) is 4.92. The molecule has 0 saturated carbocycles. The number of nitrogens with zero attached hydrogens (tertiary/aromatic N) is 3. The minimum atomic E-state index is -0.390. The van der Waals surface area contributed by atoms with Gasteiger partial charge in [-0.05, 0) is 39.5 Å². The van der Waals surface area contributed by atoms with E-state index in [1.165, 1.54) is 0 Å². The Hall–Kier alpha value is -1.62. The highest BCUT2D eigenvalue weighted by Crippen LogP contribution is 2.29. The number of halogens is 1. The molecule has 2 aromatic rings. The van der Waals surface area contributed by atoms with Crippen LogP contribution in [0.3, 0.4) is 0 Å². The lowest BCUT2D eigenvalue weighted by atomic mass is 9.97. The second-order valence-electron chi connectivity index (χ2n) is 4.95. The molecule has 0 N–H and O–H groups in total. The van der Waals surface area contributed by atoms with Crippen LogP contribution in [0.4, 0.5) is 0 Å². The molecule has 20 heavy (non-hydrogen) atoms. The van der Waals surface area contributed by atoms with Crippen LogP contribution in [-0.4, -0.2) is 27.2 Å². The zero-order valence-corrected chi connectivity index (χ0v) is 12.3. The molecule has 2 heterocycles. The van der Waals surface area contributed by atoms with Gasteiger partial charge in [0.15, 0.2) is 5.65 Å². The topological polar surface area (TPSA) is 56.5 Å². The molecule has 0 saturated heterocycles. The molecule has 6 heteroatoms. The fourth-order valence-corrected chi connectivity index (χ4v) is 3.01. The second kappa shape index (κ2) is 5.05. The van der Waals surface area contributed by atoms with Crippen molar-refractivity contribution in [3.8, 4) is 0 Å². The lowest BCUT2D eigenvalue weighted by Gasteiger charge is -2.16. The normalized spacial score (nSPS) is 14.3. The first kappa shape index (κ1) is 13.4. The van der Waals surface area contributed by atoms with E-state index in [9.17, 15) is 4.79 Å². The Morgan fingerprint density at radius 1 is 1.40 bits per heavy atom. The maximum absolute atomic E-state index is 12.1. The van der Waals surface area contributed by atoms with Gasteiger partial charge in [0.25, 0.3) is 0 Å². The summed E-state index contributed by atoms with van der Waals surface area (Å²) in [5.41, 5.74) is 3.57. The highest BCUT2D eigenvalue weighted by Gasteiger charge is 2.25. The Labute approximate surface area is 121 Å². The molecule has 0 bridgehead atoms. The summed E-state index contributed by atoms with van der Waals surface area (Å²) < 4.78 is 6.65. The molecule has 2 aromatic heterocycles. The number of carbonyl (C=O) groups excluding carboxylic acids is 1. The summed E-state index contributed by atoms with van der Waals surface area (Å²) in [5.74, 6) is -0.390. The van der Waals surface area contributed by atoms with E-state index in [4.69, 9.17) is 16.3 Å². The third-order valence-corrected chi connectivity index (χ3v) is 4.02. The molecule has 0 aromatic carbocycles. The van der Waals surface area contributed by atoms with Gasteiger partial charge >= 0.3 is 5.97 Å². The minimum Gasteiger partial charge on any atom is -0.462 e. The molecule has 3 rings (SSSR count). The van der Waals surface area contributed by atoms with E-state index in [-0.39, 0.29) is 5.97 Å². The van der Waals surface area contributed by atoms with Gasteiger partial charge in [0.1, 0.15) is 10.7 Å². The van der Waals surface area contributed by atoms with Crippen LogP contribution < -0.4 is 0 Å². The number of aromatic nitrogens is 3. The van der Waals surface area contributed by atoms with Gasteiger partial charge in [-0.15, -0.1) is 0 Å². The fourth-order valence-electron chi connectivity index (χ4n) is 2.69. The zero-order chi connectivity index (χ0) is 14.3. The van der Waals surface area contributed by atoms with Gasteiger partial charge in [-0.2, -0.15) is 5.10 Å². The average Bonchev–Trinajstić information content (AvgIpc) is 2.76. The van der Waals surface area contributed by atoms with E-state index in [2.05, 4.69) is 10.1 Å². The smallest absolute Gasteiger partial charge is 0.343 e. The van der Waals surface area contributed by atoms with E-state index < -0.39 is 0 Å². The number of rotatable bonds is 2. The summed E-state index contributed by atoms with van der Waals surface area (Å²) >= 11 is 6.43. The van der Waals surface area contributed by atoms with Crippen LogP contribution in [0.5, 0.6) is 0 Å². The Morgan fingerprint density at radius 3 is 2.90 bits per heavy atom. The first-order valence-corrected chi connectivity index (χ1v) is 7.25. The molecule has 0 amide bonds. The van der Waals surface area contributed by atoms with Crippen LogP contribution in [-0.2, 0) is 17.6 Å². The van der Waals surface area contributed by atoms with Crippen molar-refractivity contribution in [2.75, 3.05) is 6.61 Å². The van der Waals surface area contributed by atoms with Crippen molar-refractivity contribution in [3.63, 3.8) is 0 Å². The summed E-state index contributed by atoms with van der Waals surface area (Å²) in [6.07, 6.45) is 4.04. The van der Waals surface area contributed by atoms with E-state index in [1.54, 1.807) is 18.4 Å². The number of aryl methyl sites for hydroxylation is 2. The number of esters is 1. The molecule has 0 unspecified atom stereocenters. The Kier molecular flexibility index (Phi) is 3.38. The third kappa shape index (κ3) is 1.97. The molecule has 0 atom stereocenters. The molecule has 5 nitrogen and oxygen atoms in total. The second-order valence-corrected chi connectivity index (χ2v) is 5.31. The van der Waals surface area contributed by atoms with Gasteiger partial charge in [0.05, 0.1) is 12.3 Å². The number of ether oxygens (including phenoxy) is 1. The SMILES string of the molecule is CCOC(=O)c1c(C)nn2c(Cl)c3c(nc12)CCCC3. The molecule has 106 valence electrons. The predicted octanol–water partition coefficient (Wildman–Crippen LogP) is 2.75. The van der Waals surface area contributed by atoms with Crippen molar-refractivity contribution in [1.82, 2.24) is 14.6 Å². The molecular weight excluding hydrogens is 278 g/mol. The van der Waals surface area contributed by atoms with Gasteiger partial charge < -0.3 is 4.74 Å². The van der Waals surface area contributed by atoms with Crippen molar-refractivity contribution >= 4 is 23.2 Å². The summed E-state index contributed by atoms with van der Waals surface area (Å²) in [4.78, 5) is 16.7. The number of carbonyl (C=O) groups is 1. The van der Waals surface area contributed by atoms with Crippen molar-refractivity contribution in [2.24, 2.45) is 0 Å². The van der Waals surface area contributed by atoms with E-state index >= 15 is 0 Å². The molecule has 0 radical (unpaired) electrons. The molecule has 1 aliphatic carbocycles. The fraction of sp³-hybridized carbons (Fsp3) is 0.500. The number of hydrogen-bond donors (Lipinski definition) is 0. The Morgan fingerprint density at radius 2 is 2.15 bits per heavy atom. The highest BCUT2D eigenvalue weighted by atomic mass is 35.5. The lowest BCUT2D eigenvalue weighted by Crippen LogP contribution is -2.11. The monoisotopic (exact) mass is 293 g/mol. The molecule has 0 spiro atoms. The van der Waals surface area contributed by atoms with Crippen molar-refractivity contribution in [2.45, 2.75) is 39.5 Å². The third-order valence-electron chi connectivity index (χ3n) is 3.63. The number of fused-ring (bicyclic) bond motifs is 2. The predicted molar refractivity (Wildman–Crippen MR) is 75.3 cm³/mol. The average molecular weight is 294 g/mol. The van der Waals surface area contributed by atoms with Crippen LogP contribution in [0.25, 0.3) is 5.65 Å². The Balaban J connectivity index is 2.25. The van der Waals surface area contributed by atoms with Gasteiger partial charge in [-0.25, -0.2) is 14.3 Å². The number of hydrogen-bond acceptors (Lipinski definition) is 4. The first-order valence-electron chi connectivity index (χ1n) is 6.87. The van der Waals surface area contributed by atoms with Gasteiger partial charge in [-0.3, -0.25) is 0 Å². The maximum Gasteiger partial charge on any atom is 0.343 e. The largest absolute Gasteiger partial charge is 0.462 e. The van der Waals surface area contributed by atoms with Crippen molar-refractivity contribution in [3.05, 3.63) is 27.7 Å². The highest BCUT2D eigenvalue weighted by molar-refractivity contribution is 6.30. The van der Waals surface area contributed by atoms with Crippen molar-refractivity contribution < 1.29 is 9.53 Å². The molecule has 0 fully saturated rings. The van der Waals surface area contributed by atoms with Crippen LogP contribution in [0.2, 0.25) is 5.15 Å². The lowest BCUT2D eigenvalue weighted by molar-refractivity contribution is 0.0527. The standard InChI is InChI=1S/C14H16ClN3O2/c1-3-20-14(19)11-8(2)17-18-12(15)9-6-4-5-7-10(9)16-13(11)18/h3-7H2,1-2H3. The summed E-state index contributed by atoms with van der Waals surface area (Å²) in [7, 11) is 0. The minimum absolute atomic E-state index is 0.328. The van der Waals surface area contributed by atoms with Crippen LogP contribution in [0.1, 0.15) is 47.1 Å². The van der Waals surface area contributed by atoms with Gasteiger partial charge in [0.2, 0.25) is 0 Å². The van der Waals surface area contributed by atoms with Gasteiger partial charge in [0, 0.05) is 11.3 Å². The maximum atomic E-state index is 12.1. The van der Waals surface area contributed by atoms with Crippen LogP contribution in [0, 0.1) is 6.92 Å². The zero-order valence-electron chi connectivity index (χ0n) is 11.6. The first-order chi connectivity index (χ1) is 9.63. The Bertz CT molecular complexity index is 694. The van der Waals surface area contributed by atoms with Crippen LogP contribution in [0.15, 0.2) is 0 Å². The summed E-state index contributed by atoms with van der Waals surface area (Å²) in [6.45, 7) is 3.88. The van der Waals surface area contributed by atoms with E-state index in [1.807, 2.05) is 0 Å². The van der Waals surface area contributed by atoms with Gasteiger partial charge in [-0.1, -0.05) is 11.6 Å². The quantitative estimate of drug-likeness (QED) is 0.631.